The Morgan fingerprint density at radius 1 is 0.889 bits per heavy atom. The van der Waals surface area contributed by atoms with Crippen LogP contribution in [0.5, 0.6) is 5.75 Å². The van der Waals surface area contributed by atoms with Crippen molar-refractivity contribution >= 4 is 17.7 Å². The molecule has 36 heavy (non-hydrogen) atoms. The molecule has 0 radical (unpaired) electrons. The van der Waals surface area contributed by atoms with Crippen LogP contribution in [0.4, 0.5) is 30.9 Å². The van der Waals surface area contributed by atoms with Crippen LogP contribution in [0.15, 0.2) is 42.6 Å². The number of piperazine rings is 1. The van der Waals surface area contributed by atoms with Crippen LogP contribution in [0.1, 0.15) is 25.3 Å². The Hall–Kier alpha value is -3.63. The third-order valence-electron chi connectivity index (χ3n) is 6.72. The first-order valence-electron chi connectivity index (χ1n) is 12.0. The Morgan fingerprint density at radius 3 is 2.22 bits per heavy atom. The highest BCUT2D eigenvalue weighted by Gasteiger charge is 2.36. The van der Waals surface area contributed by atoms with E-state index in [2.05, 4.69) is 16.8 Å². The maximum atomic E-state index is 13.5. The fraction of sp³-hybridized carbons (Fsp3) is 0.440. The number of halogens is 3. The molecular formula is C25H28F3N7O. The van der Waals surface area contributed by atoms with Gasteiger partial charge >= 0.3 is 6.18 Å². The summed E-state index contributed by atoms with van der Waals surface area (Å²) in [6, 6.07) is 10.3. The van der Waals surface area contributed by atoms with Crippen molar-refractivity contribution in [2.24, 2.45) is 0 Å². The monoisotopic (exact) mass is 499 g/mol. The highest BCUT2D eigenvalue weighted by Crippen LogP contribution is 2.35. The molecule has 0 saturated carbocycles. The number of alkyl halides is 3. The Labute approximate surface area is 207 Å². The van der Waals surface area contributed by atoms with Crippen molar-refractivity contribution in [1.82, 2.24) is 19.9 Å². The SMILES string of the molecule is COc1ccc(-c2nc(N3CCN(c4ncccc4C(F)(F)F)CC3)nc(N3CCCC3C)n2)cc1. The summed E-state index contributed by atoms with van der Waals surface area (Å²) < 4.78 is 45.8. The van der Waals surface area contributed by atoms with Crippen molar-refractivity contribution in [2.75, 3.05) is 54.5 Å². The van der Waals surface area contributed by atoms with Crippen LogP contribution in [-0.4, -0.2) is 65.8 Å². The first kappa shape index (κ1) is 24.1. The second kappa shape index (κ2) is 9.79. The maximum Gasteiger partial charge on any atom is 0.419 e. The van der Waals surface area contributed by atoms with Crippen LogP contribution < -0.4 is 19.4 Å². The number of nitrogens with zero attached hydrogens (tertiary/aromatic N) is 7. The molecule has 0 amide bonds. The van der Waals surface area contributed by atoms with Gasteiger partial charge in [-0.15, -0.1) is 0 Å². The molecule has 2 aliphatic heterocycles. The lowest BCUT2D eigenvalue weighted by Crippen LogP contribution is -2.48. The van der Waals surface area contributed by atoms with Gasteiger partial charge in [0.1, 0.15) is 11.6 Å². The van der Waals surface area contributed by atoms with E-state index < -0.39 is 11.7 Å². The lowest BCUT2D eigenvalue weighted by atomic mass is 10.2. The van der Waals surface area contributed by atoms with Crippen LogP contribution >= 0.6 is 0 Å². The Bertz CT molecular complexity index is 1200. The molecule has 0 aliphatic carbocycles. The highest BCUT2D eigenvalue weighted by atomic mass is 19.4. The van der Waals surface area contributed by atoms with Gasteiger partial charge in [0.15, 0.2) is 5.82 Å². The number of hydrogen-bond acceptors (Lipinski definition) is 8. The van der Waals surface area contributed by atoms with Gasteiger partial charge in [0.05, 0.1) is 12.7 Å². The minimum atomic E-state index is -4.45. The Kier molecular flexibility index (Phi) is 6.55. The summed E-state index contributed by atoms with van der Waals surface area (Å²) in [6.45, 7) is 4.72. The molecule has 0 N–H and O–H groups in total. The van der Waals surface area contributed by atoms with Crippen molar-refractivity contribution in [3.63, 3.8) is 0 Å². The summed E-state index contributed by atoms with van der Waals surface area (Å²) in [6.07, 6.45) is -0.912. The fourth-order valence-corrected chi connectivity index (χ4v) is 4.71. The largest absolute Gasteiger partial charge is 0.497 e. The molecule has 190 valence electrons. The molecule has 3 aromatic rings. The van der Waals surface area contributed by atoms with E-state index in [0.29, 0.717) is 49.9 Å². The minimum Gasteiger partial charge on any atom is -0.497 e. The first-order valence-corrected chi connectivity index (χ1v) is 12.0. The summed E-state index contributed by atoms with van der Waals surface area (Å²) in [5, 5.41) is 0. The zero-order chi connectivity index (χ0) is 25.3. The third-order valence-corrected chi connectivity index (χ3v) is 6.72. The van der Waals surface area contributed by atoms with Gasteiger partial charge in [-0.1, -0.05) is 0 Å². The van der Waals surface area contributed by atoms with E-state index in [1.54, 1.807) is 12.0 Å². The van der Waals surface area contributed by atoms with Crippen LogP contribution in [0.3, 0.4) is 0 Å². The van der Waals surface area contributed by atoms with Gasteiger partial charge in [0, 0.05) is 50.5 Å². The first-order chi connectivity index (χ1) is 17.3. The summed E-state index contributed by atoms with van der Waals surface area (Å²) in [5.41, 5.74) is 0.125. The quantitative estimate of drug-likeness (QED) is 0.516. The van der Waals surface area contributed by atoms with Gasteiger partial charge in [-0.25, -0.2) is 4.98 Å². The predicted molar refractivity (Wildman–Crippen MR) is 132 cm³/mol. The average Bonchev–Trinajstić information content (AvgIpc) is 3.34. The molecule has 1 aromatic carbocycles. The normalized spacial score (nSPS) is 18.6. The fourth-order valence-electron chi connectivity index (χ4n) is 4.71. The molecule has 2 aliphatic rings. The molecule has 11 heteroatoms. The molecule has 0 bridgehead atoms. The maximum absolute atomic E-state index is 13.5. The number of hydrogen-bond donors (Lipinski definition) is 0. The summed E-state index contributed by atoms with van der Waals surface area (Å²) >= 11 is 0. The summed E-state index contributed by atoms with van der Waals surface area (Å²) in [5.74, 6) is 2.42. The predicted octanol–water partition coefficient (Wildman–Crippen LogP) is 4.28. The highest BCUT2D eigenvalue weighted by molar-refractivity contribution is 5.60. The second-order valence-electron chi connectivity index (χ2n) is 9.02. The zero-order valence-electron chi connectivity index (χ0n) is 20.2. The number of benzene rings is 1. The lowest BCUT2D eigenvalue weighted by molar-refractivity contribution is -0.137. The molecule has 2 saturated heterocycles. The topological polar surface area (TPSA) is 70.5 Å². The molecule has 2 aromatic heterocycles. The van der Waals surface area contributed by atoms with Crippen molar-refractivity contribution in [3.8, 4) is 17.1 Å². The van der Waals surface area contributed by atoms with Gasteiger partial charge in [0.2, 0.25) is 11.9 Å². The van der Waals surface area contributed by atoms with Gasteiger partial charge in [-0.05, 0) is 56.2 Å². The van der Waals surface area contributed by atoms with Crippen LogP contribution in [0.2, 0.25) is 0 Å². The standard InChI is InChI=1S/C25H28F3N7O/c1-17-5-4-12-35(17)24-31-21(18-7-9-19(36-2)10-8-18)30-23(32-24)34-15-13-33(14-16-34)22-20(25(26,27)28)6-3-11-29-22/h3,6-11,17H,4-5,12-16H2,1-2H3. The average molecular weight is 500 g/mol. The van der Waals surface area contributed by atoms with Crippen molar-refractivity contribution in [1.29, 1.82) is 0 Å². The van der Waals surface area contributed by atoms with Crippen LogP contribution in [0.25, 0.3) is 11.4 Å². The summed E-state index contributed by atoms with van der Waals surface area (Å²) in [4.78, 5) is 24.2. The minimum absolute atomic E-state index is 0.0363. The number of anilines is 3. The van der Waals surface area contributed by atoms with Crippen molar-refractivity contribution in [3.05, 3.63) is 48.2 Å². The molecule has 8 nitrogen and oxygen atoms in total. The molecule has 1 atom stereocenters. The second-order valence-corrected chi connectivity index (χ2v) is 9.02. The lowest BCUT2D eigenvalue weighted by Gasteiger charge is -2.36. The van der Waals surface area contributed by atoms with Gasteiger partial charge < -0.3 is 19.4 Å². The van der Waals surface area contributed by atoms with Crippen LogP contribution in [-0.2, 0) is 6.18 Å². The Balaban J connectivity index is 1.42. The van der Waals surface area contributed by atoms with Crippen molar-refractivity contribution < 1.29 is 17.9 Å². The zero-order valence-corrected chi connectivity index (χ0v) is 20.2. The van der Waals surface area contributed by atoms with E-state index in [1.165, 1.54) is 12.3 Å². The van der Waals surface area contributed by atoms with E-state index in [4.69, 9.17) is 19.7 Å². The number of methoxy groups -OCH3 is 1. The summed E-state index contributed by atoms with van der Waals surface area (Å²) in [7, 11) is 1.62. The van der Waals surface area contributed by atoms with Gasteiger partial charge in [0.25, 0.3) is 0 Å². The smallest absolute Gasteiger partial charge is 0.419 e. The van der Waals surface area contributed by atoms with Crippen molar-refractivity contribution in [2.45, 2.75) is 32.0 Å². The van der Waals surface area contributed by atoms with E-state index >= 15 is 0 Å². The van der Waals surface area contributed by atoms with E-state index in [-0.39, 0.29) is 5.82 Å². The molecule has 4 heterocycles. The van der Waals surface area contributed by atoms with Gasteiger partial charge in [-0.3, -0.25) is 0 Å². The molecular weight excluding hydrogens is 471 g/mol. The number of ether oxygens (including phenoxy) is 1. The van der Waals surface area contributed by atoms with E-state index in [1.807, 2.05) is 29.2 Å². The number of pyridine rings is 1. The van der Waals surface area contributed by atoms with E-state index in [0.717, 1.165) is 36.8 Å². The van der Waals surface area contributed by atoms with Gasteiger partial charge in [-0.2, -0.15) is 28.1 Å². The third kappa shape index (κ3) is 4.87. The van der Waals surface area contributed by atoms with E-state index in [9.17, 15) is 13.2 Å². The molecule has 2 fully saturated rings. The molecule has 1 unspecified atom stereocenters. The number of aromatic nitrogens is 4. The number of rotatable bonds is 5. The molecule has 0 spiro atoms. The Morgan fingerprint density at radius 2 is 1.58 bits per heavy atom. The molecule has 5 rings (SSSR count). The van der Waals surface area contributed by atoms with Crippen LogP contribution in [0, 0.1) is 0 Å².